The van der Waals surface area contributed by atoms with E-state index in [1.54, 1.807) is 11.1 Å². The second kappa shape index (κ2) is 9.05. The van der Waals surface area contributed by atoms with Crippen LogP contribution in [0.5, 0.6) is 0 Å². The summed E-state index contributed by atoms with van der Waals surface area (Å²) >= 11 is 4.08. The maximum atomic E-state index is 2.49. The molecule has 0 bridgehead atoms. The van der Waals surface area contributed by atoms with Crippen LogP contribution in [0.15, 0.2) is 0 Å². The molecule has 0 saturated carbocycles. The lowest BCUT2D eigenvalue weighted by Crippen LogP contribution is -2.43. The van der Waals surface area contributed by atoms with Crippen LogP contribution in [0.1, 0.15) is 105 Å². The monoisotopic (exact) mass is 592 g/mol. The Bertz CT molecular complexity index is 2030. The van der Waals surface area contributed by atoms with E-state index in [1.165, 1.54) is 108 Å². The van der Waals surface area contributed by atoms with Gasteiger partial charge in [-0.05, 0) is 183 Å². The lowest BCUT2D eigenvalue weighted by Gasteiger charge is -2.47. The fourth-order valence-corrected chi connectivity index (χ4v) is 11.9. The van der Waals surface area contributed by atoms with E-state index in [0.29, 0.717) is 0 Å². The quantitative estimate of drug-likeness (QED) is 0.170. The minimum absolute atomic E-state index is 0.0346. The van der Waals surface area contributed by atoms with Crippen molar-refractivity contribution in [3.05, 3.63) is 77.2 Å². The number of hydrogen-bond acceptors (Lipinski definition) is 2. The Balaban J connectivity index is 1.78. The van der Waals surface area contributed by atoms with Crippen LogP contribution in [-0.2, 0) is 10.8 Å². The normalized spacial score (nSPS) is 15.5. The zero-order valence-corrected chi connectivity index (χ0v) is 30.4. The Morgan fingerprint density at radius 3 is 1.19 bits per heavy atom. The highest BCUT2D eigenvalue weighted by Crippen LogP contribution is 2.62. The number of thiophene rings is 2. The van der Waals surface area contributed by atoms with Crippen LogP contribution >= 0.6 is 22.7 Å². The van der Waals surface area contributed by atoms with Gasteiger partial charge in [-0.1, -0.05) is 27.7 Å². The molecule has 2 heteroatoms. The van der Waals surface area contributed by atoms with Crippen LogP contribution < -0.4 is 0 Å². The first-order valence-corrected chi connectivity index (χ1v) is 17.2. The van der Waals surface area contributed by atoms with Gasteiger partial charge in [0, 0.05) is 30.3 Å². The Hall–Kier alpha value is -2.42. The highest BCUT2D eigenvalue weighted by molar-refractivity contribution is 7.24. The van der Waals surface area contributed by atoms with E-state index in [2.05, 4.69) is 122 Å². The second-order valence-corrected chi connectivity index (χ2v) is 16.7. The standard InChI is InChI=1S/C40H48S2/c1-17-18(2)20(4)30-25(9)32-26(10)33(22(6)21(5)31(32)24(8)29(30)19(17)3)36-27(11)35-38(42-36)37-34(23(7)28(12)41-37)39(13,14)40(35,15)16/h1-16H3. The van der Waals surface area contributed by atoms with Crippen LogP contribution in [0, 0.1) is 83.1 Å². The predicted octanol–water partition coefficient (Wildman–Crippen LogP) is 12.7. The molecule has 0 nitrogen and oxygen atoms in total. The number of rotatable bonds is 1. The van der Waals surface area contributed by atoms with Crippen molar-refractivity contribution in [3.63, 3.8) is 0 Å². The average Bonchev–Trinajstić information content (AvgIpc) is 3.41. The summed E-state index contributed by atoms with van der Waals surface area (Å²) in [5, 5.41) is 5.88. The van der Waals surface area contributed by atoms with Crippen molar-refractivity contribution in [3.8, 4) is 20.2 Å². The molecule has 0 unspecified atom stereocenters. The number of hydrogen-bond donors (Lipinski definition) is 0. The van der Waals surface area contributed by atoms with Crippen molar-refractivity contribution in [2.24, 2.45) is 0 Å². The van der Waals surface area contributed by atoms with Crippen LogP contribution in [0.2, 0.25) is 0 Å². The van der Waals surface area contributed by atoms with Crippen LogP contribution in [-0.4, -0.2) is 0 Å². The molecular formula is C40H48S2. The molecule has 0 amide bonds. The third kappa shape index (κ3) is 3.35. The summed E-state index contributed by atoms with van der Waals surface area (Å²) < 4.78 is 0. The number of benzene rings is 3. The van der Waals surface area contributed by atoms with E-state index >= 15 is 0 Å². The van der Waals surface area contributed by atoms with Crippen LogP contribution in [0.4, 0.5) is 0 Å². The fraction of sp³-hybridized carbons (Fsp3) is 0.450. The molecular weight excluding hydrogens is 545 g/mol. The van der Waals surface area contributed by atoms with Gasteiger partial charge in [0.2, 0.25) is 0 Å². The molecule has 2 aromatic heterocycles. The molecule has 220 valence electrons. The van der Waals surface area contributed by atoms with Crippen molar-refractivity contribution in [2.75, 3.05) is 0 Å². The van der Waals surface area contributed by atoms with Crippen molar-refractivity contribution >= 4 is 44.2 Å². The van der Waals surface area contributed by atoms with E-state index < -0.39 is 0 Å². The number of fused-ring (bicyclic) bond motifs is 5. The Kier molecular flexibility index (Phi) is 6.39. The minimum Gasteiger partial charge on any atom is -0.139 e. The molecule has 0 saturated heterocycles. The second-order valence-electron chi connectivity index (χ2n) is 14.5. The Morgan fingerprint density at radius 1 is 0.333 bits per heavy atom. The lowest BCUT2D eigenvalue weighted by atomic mass is 9.57. The van der Waals surface area contributed by atoms with Crippen molar-refractivity contribution in [1.82, 2.24) is 0 Å². The molecule has 42 heavy (non-hydrogen) atoms. The summed E-state index contributed by atoms with van der Waals surface area (Å²) in [4.78, 5) is 5.98. The summed E-state index contributed by atoms with van der Waals surface area (Å²) in [5.41, 5.74) is 20.7. The molecule has 6 rings (SSSR count). The summed E-state index contributed by atoms with van der Waals surface area (Å²) in [6, 6.07) is 0. The molecule has 0 atom stereocenters. The largest absolute Gasteiger partial charge is 0.139 e. The van der Waals surface area contributed by atoms with E-state index in [1.807, 2.05) is 11.3 Å². The molecule has 1 aliphatic rings. The van der Waals surface area contributed by atoms with Gasteiger partial charge in [0.25, 0.3) is 0 Å². The summed E-state index contributed by atoms with van der Waals surface area (Å²) in [6.07, 6.45) is 0. The zero-order chi connectivity index (χ0) is 31.1. The Morgan fingerprint density at radius 2 is 0.714 bits per heavy atom. The summed E-state index contributed by atoms with van der Waals surface area (Å²) in [7, 11) is 0. The van der Waals surface area contributed by atoms with E-state index in [0.717, 1.165) is 0 Å². The number of aryl methyl sites for hydroxylation is 7. The molecule has 0 radical (unpaired) electrons. The highest BCUT2D eigenvalue weighted by atomic mass is 32.1. The van der Waals surface area contributed by atoms with Crippen LogP contribution in [0.3, 0.4) is 0 Å². The van der Waals surface area contributed by atoms with Gasteiger partial charge in [0.05, 0.1) is 0 Å². The third-order valence-corrected chi connectivity index (χ3v) is 15.0. The van der Waals surface area contributed by atoms with Gasteiger partial charge in [0.1, 0.15) is 0 Å². The molecule has 0 fully saturated rings. The Labute approximate surface area is 262 Å². The summed E-state index contributed by atoms with van der Waals surface area (Å²) in [5.74, 6) is 0. The predicted molar refractivity (Wildman–Crippen MR) is 191 cm³/mol. The van der Waals surface area contributed by atoms with Crippen molar-refractivity contribution < 1.29 is 0 Å². The van der Waals surface area contributed by atoms with Crippen molar-refractivity contribution in [2.45, 2.75) is 122 Å². The van der Waals surface area contributed by atoms with Gasteiger partial charge < -0.3 is 0 Å². The van der Waals surface area contributed by atoms with Gasteiger partial charge in [-0.25, -0.2) is 0 Å². The first kappa shape index (κ1) is 29.6. The zero-order valence-electron chi connectivity index (χ0n) is 28.8. The van der Waals surface area contributed by atoms with Crippen LogP contribution in [0.25, 0.3) is 41.7 Å². The first-order valence-electron chi connectivity index (χ1n) is 15.6. The molecule has 0 N–H and O–H groups in total. The first-order chi connectivity index (χ1) is 19.4. The van der Waals surface area contributed by atoms with Gasteiger partial charge in [-0.3, -0.25) is 0 Å². The topological polar surface area (TPSA) is 0 Å². The SMILES string of the molecule is Cc1sc2c(c1C)C(C)(C)C(C)(C)c1c-2sc(-c2c(C)c(C)c3c(C)c4c(C)c(C)c(C)c(C)c4c(C)c3c2C)c1C. The van der Waals surface area contributed by atoms with E-state index in [4.69, 9.17) is 0 Å². The molecule has 0 aliphatic heterocycles. The van der Waals surface area contributed by atoms with Gasteiger partial charge in [-0.15, -0.1) is 22.7 Å². The highest BCUT2D eigenvalue weighted by Gasteiger charge is 2.50. The third-order valence-electron chi connectivity index (χ3n) is 12.3. The molecule has 0 spiro atoms. The van der Waals surface area contributed by atoms with E-state index in [-0.39, 0.29) is 10.8 Å². The van der Waals surface area contributed by atoms with Gasteiger partial charge >= 0.3 is 0 Å². The van der Waals surface area contributed by atoms with E-state index in [9.17, 15) is 0 Å². The minimum atomic E-state index is 0.0346. The molecule has 5 aromatic rings. The molecule has 3 aromatic carbocycles. The fourth-order valence-electron chi connectivity index (χ4n) is 8.76. The maximum absolute atomic E-state index is 2.49. The van der Waals surface area contributed by atoms with Crippen molar-refractivity contribution in [1.29, 1.82) is 0 Å². The van der Waals surface area contributed by atoms with Gasteiger partial charge in [0.15, 0.2) is 0 Å². The summed E-state index contributed by atoms with van der Waals surface area (Å²) in [6.45, 7) is 38.2. The smallest absolute Gasteiger partial charge is 0.0492 e. The molecule has 2 heterocycles. The van der Waals surface area contributed by atoms with Gasteiger partial charge in [-0.2, -0.15) is 0 Å². The lowest BCUT2D eigenvalue weighted by molar-refractivity contribution is 0.299. The maximum Gasteiger partial charge on any atom is 0.0492 e. The molecule has 1 aliphatic carbocycles. The average molecular weight is 593 g/mol.